The summed E-state index contributed by atoms with van der Waals surface area (Å²) in [7, 11) is -3.79. The molecule has 2 rings (SSSR count). The highest BCUT2D eigenvalue weighted by Gasteiger charge is 2.31. The van der Waals surface area contributed by atoms with Crippen LogP contribution in [0.2, 0.25) is 0 Å². The van der Waals surface area contributed by atoms with Crippen LogP contribution in [0.4, 0.5) is 17.6 Å². The van der Waals surface area contributed by atoms with E-state index in [1.54, 1.807) is 5.38 Å². The third-order valence-corrected chi connectivity index (χ3v) is 5.39. The molecule has 1 aromatic carbocycles. The number of alkyl halides is 3. The first-order chi connectivity index (χ1) is 9.70. The molecule has 1 N–H and O–H groups in total. The van der Waals surface area contributed by atoms with Gasteiger partial charge in [-0.2, -0.15) is 13.2 Å². The second-order valence-electron chi connectivity index (χ2n) is 4.06. The minimum Gasteiger partial charge on any atom is -0.207 e. The normalized spacial score (nSPS) is 12.6. The van der Waals surface area contributed by atoms with Gasteiger partial charge in [-0.25, -0.2) is 17.5 Å². The van der Waals surface area contributed by atoms with Crippen molar-refractivity contribution < 1.29 is 26.0 Å². The zero-order valence-electron chi connectivity index (χ0n) is 10.3. The van der Waals surface area contributed by atoms with Crippen LogP contribution in [-0.2, 0) is 22.7 Å². The van der Waals surface area contributed by atoms with Gasteiger partial charge in [0.05, 0.1) is 5.56 Å². The minimum absolute atomic E-state index is 0.0508. The Labute approximate surface area is 122 Å². The molecule has 3 nitrogen and oxygen atoms in total. The maximum atomic E-state index is 13.6. The van der Waals surface area contributed by atoms with Crippen molar-refractivity contribution in [2.24, 2.45) is 0 Å². The molecule has 2 aromatic rings. The van der Waals surface area contributed by atoms with Gasteiger partial charge in [-0.15, -0.1) is 11.3 Å². The van der Waals surface area contributed by atoms with E-state index in [9.17, 15) is 26.0 Å². The lowest BCUT2D eigenvalue weighted by molar-refractivity contribution is -0.137. The highest BCUT2D eigenvalue weighted by atomic mass is 32.2. The Morgan fingerprint density at radius 3 is 2.43 bits per heavy atom. The van der Waals surface area contributed by atoms with Crippen molar-refractivity contribution in [2.75, 3.05) is 0 Å². The zero-order chi connectivity index (χ0) is 15.7. The van der Waals surface area contributed by atoms with E-state index in [-0.39, 0.29) is 9.77 Å². The van der Waals surface area contributed by atoms with Gasteiger partial charge in [-0.1, -0.05) is 12.1 Å². The zero-order valence-corrected chi connectivity index (χ0v) is 11.9. The molecule has 1 heterocycles. The van der Waals surface area contributed by atoms with E-state index in [1.165, 1.54) is 12.1 Å². The third-order valence-electron chi connectivity index (χ3n) is 2.59. The van der Waals surface area contributed by atoms with E-state index in [0.717, 1.165) is 17.4 Å². The molecule has 0 amide bonds. The van der Waals surface area contributed by atoms with E-state index in [1.807, 2.05) is 0 Å². The molecule has 0 saturated carbocycles. The van der Waals surface area contributed by atoms with Crippen LogP contribution in [0.25, 0.3) is 0 Å². The van der Waals surface area contributed by atoms with Crippen LogP contribution < -0.4 is 4.72 Å². The van der Waals surface area contributed by atoms with E-state index in [0.29, 0.717) is 12.1 Å². The Bertz CT molecular complexity index is 724. The molecule has 0 radical (unpaired) electrons. The van der Waals surface area contributed by atoms with Crippen LogP contribution in [0.5, 0.6) is 0 Å². The molecule has 0 saturated heterocycles. The summed E-state index contributed by atoms with van der Waals surface area (Å²) in [6.07, 6.45) is -4.64. The second kappa shape index (κ2) is 5.74. The molecule has 21 heavy (non-hydrogen) atoms. The molecule has 0 spiro atoms. The molecule has 0 unspecified atom stereocenters. The highest BCUT2D eigenvalue weighted by Crippen LogP contribution is 2.30. The molecule has 1 aromatic heterocycles. The van der Waals surface area contributed by atoms with Crippen molar-refractivity contribution in [3.05, 3.63) is 52.7 Å². The van der Waals surface area contributed by atoms with Crippen molar-refractivity contribution in [1.29, 1.82) is 0 Å². The van der Waals surface area contributed by atoms with E-state index < -0.39 is 34.1 Å². The molecule has 0 fully saturated rings. The van der Waals surface area contributed by atoms with E-state index in [2.05, 4.69) is 4.72 Å². The van der Waals surface area contributed by atoms with Crippen LogP contribution in [0.15, 0.2) is 39.9 Å². The maximum Gasteiger partial charge on any atom is 0.416 e. The average molecular weight is 339 g/mol. The molecular weight excluding hydrogens is 330 g/mol. The van der Waals surface area contributed by atoms with E-state index >= 15 is 0 Å². The molecule has 9 heteroatoms. The highest BCUT2D eigenvalue weighted by molar-refractivity contribution is 7.91. The summed E-state index contributed by atoms with van der Waals surface area (Å²) in [5, 5.41) is 1.56. The first-order valence-corrected chi connectivity index (χ1v) is 7.95. The molecular formula is C12H9F4NO2S2. The van der Waals surface area contributed by atoms with Crippen molar-refractivity contribution in [3.63, 3.8) is 0 Å². The van der Waals surface area contributed by atoms with Gasteiger partial charge in [-0.3, -0.25) is 0 Å². The van der Waals surface area contributed by atoms with Crippen molar-refractivity contribution in [2.45, 2.75) is 16.9 Å². The van der Waals surface area contributed by atoms with Gasteiger partial charge in [-0.05, 0) is 23.6 Å². The number of thiophene rings is 1. The number of hydrogen-bond acceptors (Lipinski definition) is 3. The molecule has 0 aliphatic heterocycles. The number of benzene rings is 1. The fourth-order valence-corrected chi connectivity index (χ4v) is 3.57. The number of sulfonamides is 1. The van der Waals surface area contributed by atoms with Crippen LogP contribution >= 0.6 is 11.3 Å². The number of nitrogens with one attached hydrogen (secondary N) is 1. The lowest BCUT2D eigenvalue weighted by Gasteiger charge is -2.10. The predicted octanol–water partition coefficient (Wildman–Crippen LogP) is 3.38. The van der Waals surface area contributed by atoms with E-state index in [4.69, 9.17) is 0 Å². The quantitative estimate of drug-likeness (QED) is 0.868. The predicted molar refractivity (Wildman–Crippen MR) is 69.7 cm³/mol. The Morgan fingerprint density at radius 2 is 1.90 bits per heavy atom. The van der Waals surface area contributed by atoms with Gasteiger partial charge in [0.1, 0.15) is 10.0 Å². The Balaban J connectivity index is 2.15. The summed E-state index contributed by atoms with van der Waals surface area (Å²) in [6, 6.07) is 4.87. The molecule has 0 aliphatic rings. The van der Waals surface area contributed by atoms with Gasteiger partial charge in [0.25, 0.3) is 0 Å². The first-order valence-electron chi connectivity index (χ1n) is 5.59. The smallest absolute Gasteiger partial charge is 0.207 e. The van der Waals surface area contributed by atoms with Crippen LogP contribution in [0.1, 0.15) is 11.1 Å². The summed E-state index contributed by atoms with van der Waals surface area (Å²) in [5.41, 5.74) is -1.28. The van der Waals surface area contributed by atoms with Crippen molar-refractivity contribution in [1.82, 2.24) is 4.72 Å². The van der Waals surface area contributed by atoms with Gasteiger partial charge >= 0.3 is 6.18 Å². The average Bonchev–Trinajstić information content (AvgIpc) is 2.90. The summed E-state index contributed by atoms with van der Waals surface area (Å²) >= 11 is 0.982. The van der Waals surface area contributed by atoms with Crippen LogP contribution in [0.3, 0.4) is 0 Å². The van der Waals surface area contributed by atoms with Gasteiger partial charge in [0, 0.05) is 12.1 Å². The molecule has 0 bridgehead atoms. The fraction of sp³-hybridized carbons (Fsp3) is 0.167. The maximum absolute atomic E-state index is 13.6. The van der Waals surface area contributed by atoms with Crippen LogP contribution in [-0.4, -0.2) is 8.42 Å². The van der Waals surface area contributed by atoms with Crippen molar-refractivity contribution in [3.8, 4) is 0 Å². The molecule has 114 valence electrons. The molecule has 0 atom stereocenters. The lowest BCUT2D eigenvalue weighted by Crippen LogP contribution is -2.23. The Morgan fingerprint density at radius 1 is 1.19 bits per heavy atom. The first kappa shape index (κ1) is 15.9. The minimum atomic E-state index is -4.64. The summed E-state index contributed by atoms with van der Waals surface area (Å²) in [4.78, 5) is 0. The van der Waals surface area contributed by atoms with Gasteiger partial charge < -0.3 is 0 Å². The SMILES string of the molecule is O=S(=O)(NCc1ccc(C(F)(F)F)cc1F)c1cccs1. The van der Waals surface area contributed by atoms with Gasteiger partial charge in [0.15, 0.2) is 0 Å². The Hall–Kier alpha value is -1.45. The van der Waals surface area contributed by atoms with Crippen LogP contribution in [0, 0.1) is 5.82 Å². The summed E-state index contributed by atoms with van der Waals surface area (Å²) < 4.78 is 76.5. The number of hydrogen-bond donors (Lipinski definition) is 1. The van der Waals surface area contributed by atoms with Crippen molar-refractivity contribution >= 4 is 21.4 Å². The largest absolute Gasteiger partial charge is 0.416 e. The topological polar surface area (TPSA) is 46.2 Å². The lowest BCUT2D eigenvalue weighted by atomic mass is 10.1. The summed E-state index contributed by atoms with van der Waals surface area (Å²) in [5.74, 6) is -1.11. The number of rotatable bonds is 4. The Kier molecular flexibility index (Phi) is 4.35. The second-order valence-corrected chi connectivity index (χ2v) is 7.00. The molecule has 0 aliphatic carbocycles. The standard InChI is InChI=1S/C12H9F4NO2S2/c13-10-6-9(12(14,15)16)4-3-8(10)7-17-21(18,19)11-2-1-5-20-11/h1-6,17H,7H2. The fourth-order valence-electron chi connectivity index (χ4n) is 1.53. The number of halogens is 4. The third kappa shape index (κ3) is 3.80. The monoisotopic (exact) mass is 339 g/mol. The van der Waals surface area contributed by atoms with Gasteiger partial charge in [0.2, 0.25) is 10.0 Å². The summed E-state index contributed by atoms with van der Waals surface area (Å²) in [6.45, 7) is -0.426.